The first-order valence-corrected chi connectivity index (χ1v) is 6.61. The molecule has 0 aromatic carbocycles. The number of hydrogen-bond donors (Lipinski definition) is 1. The zero-order valence-electron chi connectivity index (χ0n) is 9.33. The summed E-state index contributed by atoms with van der Waals surface area (Å²) >= 11 is 3.26. The zero-order valence-corrected chi connectivity index (χ0v) is 10.9. The number of furan rings is 1. The van der Waals surface area contributed by atoms with Crippen LogP contribution in [0, 0.1) is 0 Å². The Morgan fingerprint density at radius 3 is 2.76 bits per heavy atom. The zero-order chi connectivity index (χ0) is 11.8. The van der Waals surface area contributed by atoms with Crippen molar-refractivity contribution in [2.24, 2.45) is 0 Å². The first-order valence-electron chi connectivity index (χ1n) is 5.81. The Kier molecular flexibility index (Phi) is 2.70. The number of aromatic amines is 1. The fraction of sp³-hybridized carbons (Fsp3) is 0.417. The van der Waals surface area contributed by atoms with Crippen LogP contribution in [0.3, 0.4) is 0 Å². The second kappa shape index (κ2) is 4.22. The molecule has 1 saturated heterocycles. The van der Waals surface area contributed by atoms with Gasteiger partial charge >= 0.3 is 0 Å². The summed E-state index contributed by atoms with van der Waals surface area (Å²) in [5.41, 5.74) is 2.20. The first-order chi connectivity index (χ1) is 8.24. The number of piperidine rings is 1. The van der Waals surface area contributed by atoms with E-state index in [9.17, 15) is 4.79 Å². The van der Waals surface area contributed by atoms with Crippen LogP contribution in [0.25, 0.3) is 11.1 Å². The highest BCUT2D eigenvalue weighted by molar-refractivity contribution is 9.10. The molecule has 3 rings (SSSR count). The third-order valence-electron chi connectivity index (χ3n) is 3.15. The van der Waals surface area contributed by atoms with Gasteiger partial charge in [0.15, 0.2) is 10.3 Å². The number of H-pyrrole nitrogens is 1. The van der Waals surface area contributed by atoms with Gasteiger partial charge in [-0.3, -0.25) is 4.79 Å². The van der Waals surface area contributed by atoms with Gasteiger partial charge in [0.05, 0.1) is 5.52 Å². The van der Waals surface area contributed by atoms with E-state index in [4.69, 9.17) is 4.42 Å². The normalized spacial score (nSPS) is 16.6. The van der Waals surface area contributed by atoms with Gasteiger partial charge < -0.3 is 14.3 Å². The maximum atomic E-state index is 12.2. The van der Waals surface area contributed by atoms with Crippen molar-refractivity contribution in [2.45, 2.75) is 19.3 Å². The van der Waals surface area contributed by atoms with E-state index in [2.05, 4.69) is 20.9 Å². The topological polar surface area (TPSA) is 49.2 Å². The first kappa shape index (κ1) is 10.9. The number of halogens is 1. The highest BCUT2D eigenvalue weighted by Crippen LogP contribution is 2.24. The van der Waals surface area contributed by atoms with Crippen molar-refractivity contribution in [3.8, 4) is 0 Å². The Balaban J connectivity index is 1.86. The number of nitrogens with zero attached hydrogens (tertiary/aromatic N) is 1. The lowest BCUT2D eigenvalue weighted by molar-refractivity contribution is 0.0719. The van der Waals surface area contributed by atoms with E-state index >= 15 is 0 Å². The van der Waals surface area contributed by atoms with Crippen molar-refractivity contribution in [3.05, 3.63) is 22.5 Å². The number of amides is 1. The molecule has 2 aromatic rings. The molecule has 0 bridgehead atoms. The highest BCUT2D eigenvalue weighted by Gasteiger charge is 2.20. The summed E-state index contributed by atoms with van der Waals surface area (Å²) in [5.74, 6) is 0.0761. The number of rotatable bonds is 1. The molecule has 4 nitrogen and oxygen atoms in total. The van der Waals surface area contributed by atoms with Gasteiger partial charge in [0, 0.05) is 25.2 Å². The van der Waals surface area contributed by atoms with Crippen LogP contribution in [-0.2, 0) is 0 Å². The van der Waals surface area contributed by atoms with Gasteiger partial charge in [0.2, 0.25) is 0 Å². The van der Waals surface area contributed by atoms with Gasteiger partial charge in [-0.25, -0.2) is 0 Å². The van der Waals surface area contributed by atoms with Gasteiger partial charge in [0.1, 0.15) is 5.69 Å². The molecule has 3 heterocycles. The van der Waals surface area contributed by atoms with E-state index < -0.39 is 0 Å². The monoisotopic (exact) mass is 296 g/mol. The van der Waals surface area contributed by atoms with Gasteiger partial charge in [-0.05, 0) is 35.2 Å². The minimum atomic E-state index is 0.0761. The number of carbonyl (C=O) groups excluding carboxylic acids is 1. The van der Waals surface area contributed by atoms with E-state index in [0.717, 1.165) is 37.0 Å². The van der Waals surface area contributed by atoms with Crippen molar-refractivity contribution < 1.29 is 9.21 Å². The summed E-state index contributed by atoms with van der Waals surface area (Å²) in [6, 6.07) is 3.61. The van der Waals surface area contributed by atoms with Gasteiger partial charge in [-0.1, -0.05) is 0 Å². The van der Waals surface area contributed by atoms with Crippen molar-refractivity contribution in [2.75, 3.05) is 13.1 Å². The van der Waals surface area contributed by atoms with Gasteiger partial charge in [-0.2, -0.15) is 0 Å². The van der Waals surface area contributed by atoms with Crippen molar-refractivity contribution in [1.82, 2.24) is 9.88 Å². The molecule has 2 aromatic heterocycles. The lowest BCUT2D eigenvalue weighted by Gasteiger charge is -2.26. The Bertz CT molecular complexity index is 520. The highest BCUT2D eigenvalue weighted by atomic mass is 79.9. The molecule has 1 amide bonds. The molecule has 1 aliphatic heterocycles. The molecular formula is C12H13BrN2O2. The van der Waals surface area contributed by atoms with Crippen molar-refractivity contribution >= 4 is 32.9 Å². The van der Waals surface area contributed by atoms with E-state index in [1.807, 2.05) is 11.0 Å². The molecule has 5 heteroatoms. The van der Waals surface area contributed by atoms with Crippen LogP contribution in [0.5, 0.6) is 0 Å². The standard InChI is InChI=1S/C12H13BrN2O2/c13-11-7-8-10(17-11)6-9(14-8)12(16)15-4-2-1-3-5-15/h6-7,14H,1-5H2. The predicted molar refractivity (Wildman–Crippen MR) is 68.0 cm³/mol. The molecular weight excluding hydrogens is 284 g/mol. The molecule has 0 unspecified atom stereocenters. The SMILES string of the molecule is O=C(c1cc2oc(Br)cc2[nH]1)N1CCCCC1. The van der Waals surface area contributed by atoms with Gasteiger partial charge in [0.25, 0.3) is 5.91 Å². The Hall–Kier alpha value is -1.23. The maximum absolute atomic E-state index is 12.2. The van der Waals surface area contributed by atoms with Crippen molar-refractivity contribution in [1.29, 1.82) is 0 Å². The Morgan fingerprint density at radius 1 is 1.29 bits per heavy atom. The number of likely N-dealkylation sites (tertiary alicyclic amines) is 1. The lowest BCUT2D eigenvalue weighted by atomic mass is 10.1. The number of nitrogens with one attached hydrogen (secondary N) is 1. The average molecular weight is 297 g/mol. The van der Waals surface area contributed by atoms with Crippen LogP contribution < -0.4 is 0 Å². The van der Waals surface area contributed by atoms with E-state index in [0.29, 0.717) is 10.4 Å². The Labute approximate surface area is 107 Å². The number of fused-ring (bicyclic) bond motifs is 1. The lowest BCUT2D eigenvalue weighted by Crippen LogP contribution is -2.35. The number of hydrogen-bond acceptors (Lipinski definition) is 2. The third kappa shape index (κ3) is 1.99. The fourth-order valence-electron chi connectivity index (χ4n) is 2.27. The molecule has 1 aliphatic rings. The summed E-state index contributed by atoms with van der Waals surface area (Å²) < 4.78 is 6.08. The molecule has 0 spiro atoms. The molecule has 1 N–H and O–H groups in total. The minimum absolute atomic E-state index is 0.0761. The van der Waals surface area contributed by atoms with Crippen LogP contribution in [0.15, 0.2) is 21.2 Å². The molecule has 0 aliphatic carbocycles. The summed E-state index contributed by atoms with van der Waals surface area (Å²) in [7, 11) is 0. The number of carbonyl (C=O) groups is 1. The fourth-order valence-corrected chi connectivity index (χ4v) is 2.68. The number of aromatic nitrogens is 1. The smallest absolute Gasteiger partial charge is 0.270 e. The van der Waals surface area contributed by atoms with Crippen LogP contribution in [0.4, 0.5) is 0 Å². The molecule has 0 radical (unpaired) electrons. The molecule has 90 valence electrons. The second-order valence-electron chi connectivity index (χ2n) is 4.36. The van der Waals surface area contributed by atoms with Crippen LogP contribution in [0.2, 0.25) is 0 Å². The van der Waals surface area contributed by atoms with E-state index in [1.165, 1.54) is 6.42 Å². The third-order valence-corrected chi connectivity index (χ3v) is 3.54. The molecule has 17 heavy (non-hydrogen) atoms. The molecule has 0 atom stereocenters. The summed E-state index contributed by atoms with van der Waals surface area (Å²) in [6.45, 7) is 1.73. The van der Waals surface area contributed by atoms with Crippen molar-refractivity contribution in [3.63, 3.8) is 0 Å². The van der Waals surface area contributed by atoms with E-state index in [1.54, 1.807) is 6.07 Å². The predicted octanol–water partition coefficient (Wildman–Crippen LogP) is 3.15. The maximum Gasteiger partial charge on any atom is 0.270 e. The summed E-state index contributed by atoms with van der Waals surface area (Å²) in [5, 5.41) is 0. The minimum Gasteiger partial charge on any atom is -0.448 e. The van der Waals surface area contributed by atoms with E-state index in [-0.39, 0.29) is 5.91 Å². The van der Waals surface area contributed by atoms with Crippen LogP contribution >= 0.6 is 15.9 Å². The quantitative estimate of drug-likeness (QED) is 0.879. The summed E-state index contributed by atoms with van der Waals surface area (Å²) in [4.78, 5) is 17.2. The van der Waals surface area contributed by atoms with Gasteiger partial charge in [-0.15, -0.1) is 0 Å². The Morgan fingerprint density at radius 2 is 2.06 bits per heavy atom. The summed E-state index contributed by atoms with van der Waals surface area (Å²) in [6.07, 6.45) is 3.44. The largest absolute Gasteiger partial charge is 0.448 e. The van der Waals surface area contributed by atoms with Crippen LogP contribution in [0.1, 0.15) is 29.8 Å². The molecule has 1 fully saturated rings. The molecule has 0 saturated carbocycles. The second-order valence-corrected chi connectivity index (χ2v) is 5.15. The average Bonchev–Trinajstić information content (AvgIpc) is 2.86. The van der Waals surface area contributed by atoms with Crippen LogP contribution in [-0.4, -0.2) is 28.9 Å².